The molecule has 17 heavy (non-hydrogen) atoms. The van der Waals surface area contributed by atoms with E-state index in [9.17, 15) is 9.90 Å². The first-order valence-electron chi connectivity index (χ1n) is 5.87. The Labute approximate surface area is 101 Å². The topological polar surface area (TPSA) is 66.6 Å². The molecule has 1 heterocycles. The molecule has 0 spiro atoms. The number of likely N-dealkylation sites (tertiary alicyclic amines) is 1. The van der Waals surface area contributed by atoms with Gasteiger partial charge in [0.25, 0.3) is 0 Å². The quantitative estimate of drug-likeness (QED) is 0.769. The second kappa shape index (κ2) is 4.85. The summed E-state index contributed by atoms with van der Waals surface area (Å²) in [5.41, 5.74) is 7.27. The van der Waals surface area contributed by atoms with Crippen LogP contribution in [0.25, 0.3) is 0 Å². The Balaban J connectivity index is 2.14. The second-order valence-electron chi connectivity index (χ2n) is 4.68. The number of aromatic hydroxyl groups is 1. The van der Waals surface area contributed by atoms with Gasteiger partial charge >= 0.3 is 0 Å². The summed E-state index contributed by atoms with van der Waals surface area (Å²) < 4.78 is 0. The summed E-state index contributed by atoms with van der Waals surface area (Å²) >= 11 is 0. The van der Waals surface area contributed by atoms with Crippen molar-refractivity contribution < 1.29 is 9.90 Å². The molecule has 0 bridgehead atoms. The number of nitrogens with zero attached hydrogens (tertiary/aromatic N) is 1. The van der Waals surface area contributed by atoms with Crippen LogP contribution in [0.5, 0.6) is 5.75 Å². The van der Waals surface area contributed by atoms with Gasteiger partial charge < -0.3 is 10.8 Å². The van der Waals surface area contributed by atoms with Gasteiger partial charge in [-0.15, -0.1) is 0 Å². The summed E-state index contributed by atoms with van der Waals surface area (Å²) in [6.07, 6.45) is 0.993. The lowest BCUT2D eigenvalue weighted by atomic mass is 10.1. The van der Waals surface area contributed by atoms with E-state index < -0.39 is 0 Å². The number of nitrogens with two attached hydrogens (primary N) is 1. The van der Waals surface area contributed by atoms with Crippen molar-refractivity contribution in [1.29, 1.82) is 0 Å². The minimum atomic E-state index is 0.0179. The molecule has 1 fully saturated rings. The number of benzene rings is 1. The van der Waals surface area contributed by atoms with E-state index in [2.05, 4.69) is 4.90 Å². The Morgan fingerprint density at radius 1 is 1.59 bits per heavy atom. The van der Waals surface area contributed by atoms with Crippen LogP contribution in [0.3, 0.4) is 0 Å². The Morgan fingerprint density at radius 3 is 2.94 bits per heavy atom. The second-order valence-corrected chi connectivity index (χ2v) is 4.68. The smallest absolute Gasteiger partial charge is 0.159 e. The minimum Gasteiger partial charge on any atom is -0.508 e. The summed E-state index contributed by atoms with van der Waals surface area (Å²) in [6, 6.07) is 5.23. The molecule has 0 amide bonds. The fourth-order valence-corrected chi connectivity index (χ4v) is 2.18. The van der Waals surface area contributed by atoms with Crippen molar-refractivity contribution in [2.45, 2.75) is 25.9 Å². The van der Waals surface area contributed by atoms with Crippen molar-refractivity contribution in [3.63, 3.8) is 0 Å². The molecular formula is C13H18N2O2. The van der Waals surface area contributed by atoms with Gasteiger partial charge in [-0.2, -0.15) is 0 Å². The molecule has 1 aromatic carbocycles. The third-order valence-electron chi connectivity index (χ3n) is 3.19. The highest BCUT2D eigenvalue weighted by Crippen LogP contribution is 2.22. The maximum Gasteiger partial charge on any atom is 0.159 e. The van der Waals surface area contributed by atoms with Gasteiger partial charge in [0.15, 0.2) is 5.78 Å². The van der Waals surface area contributed by atoms with Crippen LogP contribution in [0.2, 0.25) is 0 Å². The Bertz CT molecular complexity index is 431. The molecule has 1 aromatic rings. The molecule has 1 aliphatic rings. The molecular weight excluding hydrogens is 216 g/mol. The van der Waals surface area contributed by atoms with Gasteiger partial charge in [-0.3, -0.25) is 9.69 Å². The molecule has 3 N–H and O–H groups in total. The van der Waals surface area contributed by atoms with Crippen LogP contribution in [0.4, 0.5) is 0 Å². The number of ketones is 1. The Hall–Kier alpha value is -1.39. The lowest BCUT2D eigenvalue weighted by molar-refractivity contribution is 0.101. The van der Waals surface area contributed by atoms with Gasteiger partial charge in [-0.1, -0.05) is 0 Å². The van der Waals surface area contributed by atoms with Crippen molar-refractivity contribution in [3.05, 3.63) is 29.3 Å². The molecule has 92 valence electrons. The molecule has 0 aromatic heterocycles. The molecule has 4 nitrogen and oxygen atoms in total. The molecule has 4 heteroatoms. The van der Waals surface area contributed by atoms with Gasteiger partial charge in [0.2, 0.25) is 0 Å². The molecule has 2 rings (SSSR count). The average Bonchev–Trinajstić information content (AvgIpc) is 2.67. The van der Waals surface area contributed by atoms with Crippen LogP contribution in [-0.4, -0.2) is 34.9 Å². The highest BCUT2D eigenvalue weighted by atomic mass is 16.3. The van der Waals surface area contributed by atoms with Crippen molar-refractivity contribution in [1.82, 2.24) is 4.90 Å². The van der Waals surface area contributed by atoms with Gasteiger partial charge in [-0.25, -0.2) is 0 Å². The van der Waals surface area contributed by atoms with Gasteiger partial charge in [0, 0.05) is 36.8 Å². The van der Waals surface area contributed by atoms with Crippen molar-refractivity contribution in [3.8, 4) is 5.75 Å². The van der Waals surface area contributed by atoms with E-state index in [0.717, 1.165) is 25.1 Å². The molecule has 0 radical (unpaired) electrons. The van der Waals surface area contributed by atoms with Gasteiger partial charge in [0.1, 0.15) is 5.75 Å². The first-order valence-corrected chi connectivity index (χ1v) is 5.87. The van der Waals surface area contributed by atoms with E-state index in [-0.39, 0.29) is 17.6 Å². The SMILES string of the molecule is CC(=O)c1ccc(O)c(CN2CCC(N)C2)c1. The van der Waals surface area contributed by atoms with E-state index in [0.29, 0.717) is 12.1 Å². The predicted molar refractivity (Wildman–Crippen MR) is 66.0 cm³/mol. The van der Waals surface area contributed by atoms with Crippen LogP contribution in [-0.2, 0) is 6.54 Å². The zero-order valence-electron chi connectivity index (χ0n) is 10.0. The van der Waals surface area contributed by atoms with E-state index in [1.807, 2.05) is 0 Å². The maximum absolute atomic E-state index is 11.3. The summed E-state index contributed by atoms with van der Waals surface area (Å²) in [4.78, 5) is 13.5. The monoisotopic (exact) mass is 234 g/mol. The zero-order valence-corrected chi connectivity index (χ0v) is 10.0. The number of hydrogen-bond acceptors (Lipinski definition) is 4. The van der Waals surface area contributed by atoms with Crippen molar-refractivity contribution in [2.75, 3.05) is 13.1 Å². The molecule has 0 aliphatic carbocycles. The number of rotatable bonds is 3. The van der Waals surface area contributed by atoms with Crippen LogP contribution in [0, 0.1) is 0 Å². The molecule has 1 atom stereocenters. The lowest BCUT2D eigenvalue weighted by Crippen LogP contribution is -2.26. The normalized spacial score (nSPS) is 20.7. The molecule has 1 aliphatic heterocycles. The van der Waals surface area contributed by atoms with Crippen molar-refractivity contribution in [2.24, 2.45) is 5.73 Å². The number of carbonyl (C=O) groups is 1. The van der Waals surface area contributed by atoms with Crippen LogP contribution in [0.15, 0.2) is 18.2 Å². The Kier molecular flexibility index (Phi) is 3.45. The van der Waals surface area contributed by atoms with E-state index in [4.69, 9.17) is 5.73 Å². The largest absolute Gasteiger partial charge is 0.508 e. The third-order valence-corrected chi connectivity index (χ3v) is 3.19. The van der Waals surface area contributed by atoms with Crippen LogP contribution >= 0.6 is 0 Å². The van der Waals surface area contributed by atoms with Gasteiger partial charge in [0.05, 0.1) is 0 Å². The van der Waals surface area contributed by atoms with Gasteiger partial charge in [-0.05, 0) is 31.5 Å². The number of phenolic OH excluding ortho intramolecular Hbond substituents is 1. The fourth-order valence-electron chi connectivity index (χ4n) is 2.18. The highest BCUT2D eigenvalue weighted by Gasteiger charge is 2.20. The molecule has 0 saturated carbocycles. The standard InChI is InChI=1S/C13H18N2O2/c1-9(16)10-2-3-13(17)11(6-10)7-15-5-4-12(14)8-15/h2-3,6,12,17H,4-5,7-8,14H2,1H3. The zero-order chi connectivity index (χ0) is 12.4. The third kappa shape index (κ3) is 2.84. The van der Waals surface area contributed by atoms with E-state index in [1.165, 1.54) is 6.92 Å². The number of Topliss-reactive ketones (excluding diaryl/α,β-unsaturated/α-hetero) is 1. The number of carbonyl (C=O) groups excluding carboxylic acids is 1. The highest BCUT2D eigenvalue weighted by molar-refractivity contribution is 5.94. The molecule has 1 unspecified atom stereocenters. The predicted octanol–water partition coefficient (Wildman–Crippen LogP) is 1.13. The first kappa shape index (κ1) is 12.1. The summed E-state index contributed by atoms with van der Waals surface area (Å²) in [6.45, 7) is 3.98. The molecule has 1 saturated heterocycles. The summed E-state index contributed by atoms with van der Waals surface area (Å²) in [7, 11) is 0. The maximum atomic E-state index is 11.3. The summed E-state index contributed by atoms with van der Waals surface area (Å²) in [5.74, 6) is 0.264. The Morgan fingerprint density at radius 2 is 2.35 bits per heavy atom. The summed E-state index contributed by atoms with van der Waals surface area (Å²) in [5, 5.41) is 9.77. The number of phenols is 1. The fraction of sp³-hybridized carbons (Fsp3) is 0.462. The van der Waals surface area contributed by atoms with Crippen molar-refractivity contribution >= 4 is 5.78 Å². The van der Waals surface area contributed by atoms with E-state index >= 15 is 0 Å². The number of hydrogen-bond donors (Lipinski definition) is 2. The van der Waals surface area contributed by atoms with Crippen LogP contribution < -0.4 is 5.73 Å². The van der Waals surface area contributed by atoms with E-state index in [1.54, 1.807) is 18.2 Å². The minimum absolute atomic E-state index is 0.0179. The van der Waals surface area contributed by atoms with Crippen LogP contribution in [0.1, 0.15) is 29.3 Å². The first-order chi connectivity index (χ1) is 8.06. The average molecular weight is 234 g/mol. The lowest BCUT2D eigenvalue weighted by Gasteiger charge is -2.16.